The van der Waals surface area contributed by atoms with Crippen molar-refractivity contribution in [1.82, 2.24) is 4.90 Å². The molecule has 186 valence electrons. The van der Waals surface area contributed by atoms with Crippen LogP contribution in [0.2, 0.25) is 0 Å². The smallest absolute Gasteiger partial charge is 0.323 e. The van der Waals surface area contributed by atoms with Crippen molar-refractivity contribution >= 4 is 23.3 Å². The first-order valence-corrected chi connectivity index (χ1v) is 12.7. The lowest BCUT2D eigenvalue weighted by Crippen LogP contribution is -2.41. The van der Waals surface area contributed by atoms with Gasteiger partial charge in [-0.2, -0.15) is 0 Å². The van der Waals surface area contributed by atoms with Gasteiger partial charge in [-0.1, -0.05) is 50.2 Å². The Morgan fingerprint density at radius 3 is 2.47 bits per heavy atom. The van der Waals surface area contributed by atoms with E-state index in [0.717, 1.165) is 30.5 Å². The number of carbonyl (C=O) groups excluding carboxylic acids is 2. The lowest BCUT2D eigenvalue weighted by molar-refractivity contribution is -0.140. The lowest BCUT2D eigenvalue weighted by atomic mass is 9.86. The largest absolute Gasteiger partial charge is 0.481 e. The molecule has 3 aromatic rings. The maximum Gasteiger partial charge on any atom is 0.323 e. The van der Waals surface area contributed by atoms with E-state index in [4.69, 9.17) is 4.74 Å². The number of hydrogen-bond acceptors (Lipinski definition) is 3. The molecular weight excluding hydrogens is 450 g/mol. The van der Waals surface area contributed by atoms with E-state index in [1.807, 2.05) is 60.4 Å². The maximum atomic E-state index is 13.4. The molecule has 6 heteroatoms. The molecule has 0 bridgehead atoms. The Kier molecular flexibility index (Phi) is 6.68. The predicted octanol–water partition coefficient (Wildman–Crippen LogP) is 6.64. The second-order valence-electron chi connectivity index (χ2n) is 10.0. The van der Waals surface area contributed by atoms with Crippen molar-refractivity contribution in [1.29, 1.82) is 0 Å². The molecule has 0 spiro atoms. The molecule has 3 amide bonds. The van der Waals surface area contributed by atoms with Crippen LogP contribution in [0, 0.1) is 0 Å². The molecule has 2 aliphatic rings. The number of ether oxygens (including phenoxy) is 1. The summed E-state index contributed by atoms with van der Waals surface area (Å²) in [4.78, 5) is 28.0. The normalized spacial score (nSPS) is 19.1. The Balaban J connectivity index is 1.35. The monoisotopic (exact) mass is 483 g/mol. The highest BCUT2D eigenvalue weighted by Gasteiger charge is 2.35. The Bertz CT molecular complexity index is 1270. The van der Waals surface area contributed by atoms with Crippen molar-refractivity contribution in [2.75, 3.05) is 10.6 Å². The predicted molar refractivity (Wildman–Crippen MR) is 142 cm³/mol. The van der Waals surface area contributed by atoms with Crippen molar-refractivity contribution in [3.63, 3.8) is 0 Å². The van der Waals surface area contributed by atoms with Gasteiger partial charge in [0.2, 0.25) is 0 Å². The highest BCUT2D eigenvalue weighted by Crippen LogP contribution is 2.38. The van der Waals surface area contributed by atoms with Gasteiger partial charge in [-0.05, 0) is 79.1 Å². The number of aryl methyl sites for hydroxylation is 1. The summed E-state index contributed by atoms with van der Waals surface area (Å²) in [6.45, 7) is 6.52. The molecule has 2 atom stereocenters. The molecular formula is C30H33N3O3. The van der Waals surface area contributed by atoms with E-state index in [0.29, 0.717) is 23.9 Å². The number of nitrogens with one attached hydrogen (secondary N) is 2. The second kappa shape index (κ2) is 10.1. The summed E-state index contributed by atoms with van der Waals surface area (Å²) in [5.41, 5.74) is 6.03. The summed E-state index contributed by atoms with van der Waals surface area (Å²) in [5, 5.41) is 5.81. The Labute approximate surface area is 212 Å². The maximum absolute atomic E-state index is 13.4. The minimum atomic E-state index is -0.573. The number of amides is 3. The number of nitrogens with zero attached hydrogens (tertiary/aromatic N) is 1. The van der Waals surface area contributed by atoms with Crippen LogP contribution in [0.3, 0.4) is 0 Å². The van der Waals surface area contributed by atoms with Crippen LogP contribution in [0.15, 0.2) is 66.7 Å². The number of carbonyl (C=O) groups is 2. The number of rotatable bonds is 4. The highest BCUT2D eigenvalue weighted by molar-refractivity contribution is 5.99. The first-order valence-electron chi connectivity index (χ1n) is 12.7. The number of anilines is 2. The zero-order chi connectivity index (χ0) is 25.2. The fraction of sp³-hybridized carbons (Fsp3) is 0.333. The summed E-state index contributed by atoms with van der Waals surface area (Å²) in [6.07, 6.45) is 2.45. The lowest BCUT2D eigenvalue weighted by Gasteiger charge is -2.35. The van der Waals surface area contributed by atoms with Crippen molar-refractivity contribution < 1.29 is 14.3 Å². The van der Waals surface area contributed by atoms with Gasteiger partial charge in [-0.25, -0.2) is 4.79 Å². The first kappa shape index (κ1) is 23.9. The second-order valence-corrected chi connectivity index (χ2v) is 10.0. The molecule has 1 aliphatic heterocycles. The number of urea groups is 1. The molecule has 1 aliphatic carbocycles. The summed E-state index contributed by atoms with van der Waals surface area (Å²) in [5.74, 6) is 1.11. The van der Waals surface area contributed by atoms with Crippen LogP contribution in [0.5, 0.6) is 5.75 Å². The van der Waals surface area contributed by atoms with Gasteiger partial charge in [-0.15, -0.1) is 0 Å². The number of benzene rings is 3. The average molecular weight is 484 g/mol. The minimum absolute atomic E-state index is 0.00926. The third-order valence-corrected chi connectivity index (χ3v) is 7.14. The zero-order valence-electron chi connectivity index (χ0n) is 21.1. The van der Waals surface area contributed by atoms with Crippen LogP contribution in [-0.4, -0.2) is 22.9 Å². The van der Waals surface area contributed by atoms with Crippen LogP contribution in [0.25, 0.3) is 0 Å². The van der Waals surface area contributed by atoms with Gasteiger partial charge in [0, 0.05) is 16.9 Å². The number of hydrogen-bond donors (Lipinski definition) is 2. The molecule has 0 saturated heterocycles. The van der Waals surface area contributed by atoms with Gasteiger partial charge in [-0.3, -0.25) is 4.79 Å². The fourth-order valence-electron chi connectivity index (χ4n) is 5.19. The summed E-state index contributed by atoms with van der Waals surface area (Å²) in [7, 11) is 0. The Morgan fingerprint density at radius 1 is 0.972 bits per heavy atom. The summed E-state index contributed by atoms with van der Waals surface area (Å²) in [6, 6.07) is 21.5. The van der Waals surface area contributed by atoms with Gasteiger partial charge in [0.1, 0.15) is 5.75 Å². The summed E-state index contributed by atoms with van der Waals surface area (Å²) < 4.78 is 6.04. The molecule has 0 fully saturated rings. The molecule has 5 rings (SSSR count). The molecule has 36 heavy (non-hydrogen) atoms. The molecule has 3 aromatic carbocycles. The SMILES string of the molecule is CC1Oc2ccc(NC(=O)Nc3ccc(C(C)C)cc3)cc2CN(C2CCCc3ccccc32)C1=O. The fourth-order valence-corrected chi connectivity index (χ4v) is 5.19. The van der Waals surface area contributed by atoms with E-state index in [1.54, 1.807) is 0 Å². The quantitative estimate of drug-likeness (QED) is 0.437. The van der Waals surface area contributed by atoms with Gasteiger partial charge in [0.25, 0.3) is 5.91 Å². The van der Waals surface area contributed by atoms with Crippen LogP contribution in [-0.2, 0) is 17.8 Å². The Hall–Kier alpha value is -3.80. The van der Waals surface area contributed by atoms with Crippen molar-refractivity contribution in [3.8, 4) is 5.75 Å². The molecule has 0 aromatic heterocycles. The van der Waals surface area contributed by atoms with Crippen molar-refractivity contribution in [2.45, 2.75) is 64.6 Å². The van der Waals surface area contributed by atoms with Crippen molar-refractivity contribution in [2.24, 2.45) is 0 Å². The standard InChI is InChI=1S/C30H33N3O3/c1-19(2)21-11-13-24(14-12-21)31-30(35)32-25-15-16-28-23(17-25)18-33(29(34)20(3)36-28)27-10-6-8-22-7-4-5-9-26(22)27/h4-5,7,9,11-17,19-20,27H,6,8,10,18H2,1-3H3,(H2,31,32,35). The van der Waals surface area contributed by atoms with Crippen LogP contribution in [0.1, 0.15) is 67.8 Å². The molecule has 2 unspecified atom stereocenters. The van der Waals surface area contributed by atoms with Crippen LogP contribution < -0.4 is 15.4 Å². The topological polar surface area (TPSA) is 70.7 Å². The third-order valence-electron chi connectivity index (χ3n) is 7.14. The zero-order valence-corrected chi connectivity index (χ0v) is 21.1. The molecule has 0 radical (unpaired) electrons. The van der Waals surface area contributed by atoms with E-state index in [9.17, 15) is 9.59 Å². The third kappa shape index (κ3) is 4.94. The van der Waals surface area contributed by atoms with E-state index in [1.165, 1.54) is 16.7 Å². The highest BCUT2D eigenvalue weighted by atomic mass is 16.5. The van der Waals surface area contributed by atoms with Gasteiger partial charge in [0.05, 0.1) is 12.6 Å². The first-order chi connectivity index (χ1) is 17.4. The van der Waals surface area contributed by atoms with Gasteiger partial charge >= 0.3 is 6.03 Å². The van der Waals surface area contributed by atoms with Gasteiger partial charge < -0.3 is 20.3 Å². The molecule has 0 saturated carbocycles. The van der Waals surface area contributed by atoms with Gasteiger partial charge in [0.15, 0.2) is 6.10 Å². The van der Waals surface area contributed by atoms with Crippen LogP contribution >= 0.6 is 0 Å². The minimum Gasteiger partial charge on any atom is -0.481 e. The summed E-state index contributed by atoms with van der Waals surface area (Å²) >= 11 is 0. The van der Waals surface area contributed by atoms with E-state index >= 15 is 0 Å². The number of fused-ring (bicyclic) bond motifs is 2. The molecule has 1 heterocycles. The van der Waals surface area contributed by atoms with E-state index < -0.39 is 6.10 Å². The van der Waals surface area contributed by atoms with Crippen molar-refractivity contribution in [3.05, 3.63) is 89.0 Å². The van der Waals surface area contributed by atoms with E-state index in [-0.39, 0.29) is 18.0 Å². The average Bonchev–Trinajstić information content (AvgIpc) is 2.99. The van der Waals surface area contributed by atoms with Crippen LogP contribution in [0.4, 0.5) is 16.2 Å². The Morgan fingerprint density at radius 2 is 1.69 bits per heavy atom. The molecule has 2 N–H and O–H groups in total. The van der Waals surface area contributed by atoms with E-state index in [2.05, 4.69) is 42.7 Å². The molecule has 6 nitrogen and oxygen atoms in total.